The van der Waals surface area contributed by atoms with Crippen molar-refractivity contribution in [1.82, 2.24) is 4.90 Å². The largest absolute Gasteiger partial charge is 0.379 e. The topological polar surface area (TPSA) is 72.6 Å². The van der Waals surface area contributed by atoms with E-state index in [1.54, 1.807) is 18.1 Å². The third kappa shape index (κ3) is 4.93. The fourth-order valence-electron chi connectivity index (χ4n) is 3.03. The molecule has 1 aromatic rings. The zero-order valence-electron chi connectivity index (χ0n) is 13.5. The molecule has 0 radical (unpaired) electrons. The fourth-order valence-corrected chi connectivity index (χ4v) is 3.03. The minimum Gasteiger partial charge on any atom is -0.379 e. The second-order valence-corrected chi connectivity index (χ2v) is 5.76. The number of likely N-dealkylation sites (tertiary alicyclic amines) is 1. The standard InChI is InChI=1S/C18H24N2O3/c1-23-16-8-5-13-20(15(16)10-11-17(19)21)18(22)12-9-14-6-3-2-4-7-14/h2-4,6-7,9,12,15-16H,5,8,10-11,13H2,1H3,(H2,19,21)/b12-9+/t15-,16-/m0/s1. The predicted molar refractivity (Wildman–Crippen MR) is 89.4 cm³/mol. The third-order valence-electron chi connectivity index (χ3n) is 4.21. The van der Waals surface area contributed by atoms with E-state index in [0.717, 1.165) is 18.4 Å². The van der Waals surface area contributed by atoms with Crippen molar-refractivity contribution in [2.75, 3.05) is 13.7 Å². The van der Waals surface area contributed by atoms with Crippen molar-refractivity contribution in [1.29, 1.82) is 0 Å². The molecule has 2 rings (SSSR count). The first kappa shape index (κ1) is 17.2. The van der Waals surface area contributed by atoms with E-state index in [-0.39, 0.29) is 30.4 Å². The van der Waals surface area contributed by atoms with Gasteiger partial charge in [-0.2, -0.15) is 0 Å². The Bertz CT molecular complexity index is 557. The summed E-state index contributed by atoms with van der Waals surface area (Å²) in [6, 6.07) is 9.59. The van der Waals surface area contributed by atoms with Gasteiger partial charge in [-0.25, -0.2) is 0 Å². The molecule has 0 spiro atoms. The fraction of sp³-hybridized carbons (Fsp3) is 0.444. The Hall–Kier alpha value is -2.14. The van der Waals surface area contributed by atoms with Crippen molar-refractivity contribution in [2.24, 2.45) is 5.73 Å². The number of piperidine rings is 1. The maximum absolute atomic E-state index is 12.6. The molecule has 1 aliphatic rings. The van der Waals surface area contributed by atoms with E-state index in [2.05, 4.69) is 0 Å². The molecule has 2 atom stereocenters. The molecule has 5 heteroatoms. The second-order valence-electron chi connectivity index (χ2n) is 5.76. The van der Waals surface area contributed by atoms with Crippen molar-refractivity contribution in [3.8, 4) is 0 Å². The first-order chi connectivity index (χ1) is 11.1. The number of carbonyl (C=O) groups excluding carboxylic acids is 2. The maximum Gasteiger partial charge on any atom is 0.246 e. The molecule has 2 amide bonds. The molecule has 0 saturated carbocycles. The first-order valence-corrected chi connectivity index (χ1v) is 7.96. The van der Waals surface area contributed by atoms with Crippen molar-refractivity contribution < 1.29 is 14.3 Å². The van der Waals surface area contributed by atoms with Crippen molar-refractivity contribution in [3.63, 3.8) is 0 Å². The van der Waals surface area contributed by atoms with Gasteiger partial charge in [0.15, 0.2) is 0 Å². The van der Waals surface area contributed by atoms with Crippen LogP contribution in [0.2, 0.25) is 0 Å². The summed E-state index contributed by atoms with van der Waals surface area (Å²) < 4.78 is 5.51. The van der Waals surface area contributed by atoms with Gasteiger partial charge in [-0.05, 0) is 30.9 Å². The summed E-state index contributed by atoms with van der Waals surface area (Å²) in [7, 11) is 1.65. The maximum atomic E-state index is 12.6. The highest BCUT2D eigenvalue weighted by Crippen LogP contribution is 2.24. The number of amides is 2. The van der Waals surface area contributed by atoms with Gasteiger partial charge in [-0.3, -0.25) is 9.59 Å². The van der Waals surface area contributed by atoms with Crippen molar-refractivity contribution >= 4 is 17.9 Å². The minimum absolute atomic E-state index is 0.0443. The Morgan fingerprint density at radius 3 is 2.74 bits per heavy atom. The molecular formula is C18H24N2O3. The van der Waals surface area contributed by atoms with Crippen LogP contribution in [0.15, 0.2) is 36.4 Å². The SMILES string of the molecule is CO[C@H]1CCCN(C(=O)/C=C/c2ccccc2)[C@H]1CCC(N)=O. The lowest BCUT2D eigenvalue weighted by molar-refractivity contribution is -0.135. The average molecular weight is 316 g/mol. The minimum atomic E-state index is -0.349. The second kappa shape index (κ2) is 8.48. The Kier molecular flexibility index (Phi) is 6.35. The van der Waals surface area contributed by atoms with Gasteiger partial charge < -0.3 is 15.4 Å². The quantitative estimate of drug-likeness (QED) is 0.816. The molecule has 1 saturated heterocycles. The van der Waals surface area contributed by atoms with Gasteiger partial charge in [0.1, 0.15) is 0 Å². The Morgan fingerprint density at radius 2 is 2.09 bits per heavy atom. The number of nitrogens with zero attached hydrogens (tertiary/aromatic N) is 1. The monoisotopic (exact) mass is 316 g/mol. The van der Waals surface area contributed by atoms with Crippen LogP contribution in [0.25, 0.3) is 6.08 Å². The van der Waals surface area contributed by atoms with Crippen LogP contribution in [0, 0.1) is 0 Å². The molecular weight excluding hydrogens is 292 g/mol. The van der Waals surface area contributed by atoms with Crippen LogP contribution in [-0.4, -0.2) is 42.5 Å². The number of ether oxygens (including phenoxy) is 1. The predicted octanol–water partition coefficient (Wildman–Crippen LogP) is 1.97. The number of nitrogens with two attached hydrogens (primary N) is 1. The number of methoxy groups -OCH3 is 1. The van der Waals surface area contributed by atoms with Crippen LogP contribution < -0.4 is 5.73 Å². The smallest absolute Gasteiger partial charge is 0.246 e. The third-order valence-corrected chi connectivity index (χ3v) is 4.21. The molecule has 1 fully saturated rings. The first-order valence-electron chi connectivity index (χ1n) is 7.96. The number of benzene rings is 1. The summed E-state index contributed by atoms with van der Waals surface area (Å²) >= 11 is 0. The van der Waals surface area contributed by atoms with Crippen molar-refractivity contribution in [3.05, 3.63) is 42.0 Å². The van der Waals surface area contributed by atoms with Gasteiger partial charge in [0, 0.05) is 26.2 Å². The van der Waals surface area contributed by atoms with E-state index in [9.17, 15) is 9.59 Å². The summed E-state index contributed by atoms with van der Waals surface area (Å²) in [5.74, 6) is -0.400. The van der Waals surface area contributed by atoms with E-state index < -0.39 is 0 Å². The number of rotatable bonds is 6. The highest BCUT2D eigenvalue weighted by molar-refractivity contribution is 5.92. The lowest BCUT2D eigenvalue weighted by Crippen LogP contribution is -2.51. The molecule has 1 heterocycles. The van der Waals surface area contributed by atoms with Gasteiger partial charge in [0.2, 0.25) is 11.8 Å². The molecule has 5 nitrogen and oxygen atoms in total. The number of primary amides is 1. The Morgan fingerprint density at radius 1 is 1.35 bits per heavy atom. The Labute approximate surface area is 137 Å². The van der Waals surface area contributed by atoms with E-state index in [0.29, 0.717) is 13.0 Å². The van der Waals surface area contributed by atoms with Gasteiger partial charge in [0.25, 0.3) is 0 Å². The molecule has 23 heavy (non-hydrogen) atoms. The summed E-state index contributed by atoms with van der Waals surface area (Å²) in [4.78, 5) is 25.4. The van der Waals surface area contributed by atoms with Gasteiger partial charge in [-0.15, -0.1) is 0 Å². The molecule has 1 aromatic carbocycles. The van der Waals surface area contributed by atoms with Gasteiger partial charge >= 0.3 is 0 Å². The normalized spacial score (nSPS) is 21.5. The van der Waals surface area contributed by atoms with Crippen LogP contribution in [-0.2, 0) is 14.3 Å². The molecule has 2 N–H and O–H groups in total. The highest BCUT2D eigenvalue weighted by Gasteiger charge is 2.33. The number of hydrogen-bond donors (Lipinski definition) is 1. The van der Waals surface area contributed by atoms with Crippen LogP contribution in [0.5, 0.6) is 0 Å². The van der Waals surface area contributed by atoms with Crippen LogP contribution in [0.4, 0.5) is 0 Å². The Balaban J connectivity index is 2.08. The zero-order chi connectivity index (χ0) is 16.7. The van der Waals surface area contributed by atoms with Crippen LogP contribution >= 0.6 is 0 Å². The number of carbonyl (C=O) groups is 2. The molecule has 1 aliphatic heterocycles. The zero-order valence-corrected chi connectivity index (χ0v) is 13.5. The summed E-state index contributed by atoms with van der Waals surface area (Å²) in [6.45, 7) is 0.682. The molecule has 0 aliphatic carbocycles. The van der Waals surface area contributed by atoms with E-state index in [1.807, 2.05) is 36.4 Å². The van der Waals surface area contributed by atoms with Crippen molar-refractivity contribution in [2.45, 2.75) is 37.8 Å². The van der Waals surface area contributed by atoms with E-state index in [1.165, 1.54) is 0 Å². The lowest BCUT2D eigenvalue weighted by Gasteiger charge is -2.40. The van der Waals surface area contributed by atoms with E-state index in [4.69, 9.17) is 10.5 Å². The molecule has 0 unspecified atom stereocenters. The molecule has 0 aromatic heterocycles. The van der Waals surface area contributed by atoms with Crippen LogP contribution in [0.3, 0.4) is 0 Å². The lowest BCUT2D eigenvalue weighted by atomic mass is 9.94. The molecule has 124 valence electrons. The average Bonchev–Trinajstić information content (AvgIpc) is 2.58. The highest BCUT2D eigenvalue weighted by atomic mass is 16.5. The van der Waals surface area contributed by atoms with Gasteiger partial charge in [0.05, 0.1) is 12.1 Å². The van der Waals surface area contributed by atoms with E-state index >= 15 is 0 Å². The van der Waals surface area contributed by atoms with Crippen LogP contribution in [0.1, 0.15) is 31.2 Å². The summed E-state index contributed by atoms with van der Waals surface area (Å²) in [5.41, 5.74) is 6.24. The molecule has 0 bridgehead atoms. The number of hydrogen-bond acceptors (Lipinski definition) is 3. The summed E-state index contributed by atoms with van der Waals surface area (Å²) in [6.07, 6.45) is 5.95. The summed E-state index contributed by atoms with van der Waals surface area (Å²) in [5, 5.41) is 0. The van der Waals surface area contributed by atoms with Gasteiger partial charge in [-0.1, -0.05) is 30.3 Å².